The van der Waals surface area contributed by atoms with Crippen LogP contribution in [0, 0.1) is 12.7 Å². The Morgan fingerprint density at radius 1 is 1.17 bits per heavy atom. The molecule has 0 spiro atoms. The molecule has 1 N–H and O–H groups in total. The molecule has 2 aromatic heterocycles. The van der Waals surface area contributed by atoms with E-state index >= 15 is 0 Å². The predicted molar refractivity (Wildman–Crippen MR) is 109 cm³/mol. The monoisotopic (exact) mass is 391 g/mol. The van der Waals surface area contributed by atoms with Crippen LogP contribution in [-0.2, 0) is 6.54 Å². The summed E-state index contributed by atoms with van der Waals surface area (Å²) in [5.74, 6) is 1.10. The van der Waals surface area contributed by atoms with E-state index in [1.54, 1.807) is 48.6 Å². The highest BCUT2D eigenvalue weighted by molar-refractivity contribution is 5.99. The Morgan fingerprint density at radius 2 is 1.93 bits per heavy atom. The summed E-state index contributed by atoms with van der Waals surface area (Å²) in [6.45, 7) is 6.86. The highest BCUT2D eigenvalue weighted by Crippen LogP contribution is 2.29. The lowest BCUT2D eigenvalue weighted by atomic mass is 10.1. The number of benzene rings is 1. The van der Waals surface area contributed by atoms with Crippen LogP contribution in [-0.4, -0.2) is 32.3 Å². The molecule has 0 bridgehead atoms. The highest BCUT2D eigenvalue weighted by atomic mass is 19.1. The number of halogens is 1. The SMILES string of the molecule is CCN1Cc2c(ccnc2NC(C)c2ncc(-c3ccc(F)c(C)c3)cn2)C1=O. The van der Waals surface area contributed by atoms with Crippen LogP contribution in [0.1, 0.15) is 47.2 Å². The Kier molecular flexibility index (Phi) is 4.96. The lowest BCUT2D eigenvalue weighted by Gasteiger charge is -2.16. The molecular weight excluding hydrogens is 369 g/mol. The van der Waals surface area contributed by atoms with Crippen LogP contribution in [0.2, 0.25) is 0 Å². The maximum absolute atomic E-state index is 13.5. The molecule has 7 heteroatoms. The molecule has 0 fully saturated rings. The lowest BCUT2D eigenvalue weighted by Crippen LogP contribution is -2.22. The molecule has 1 amide bonds. The molecule has 1 aliphatic heterocycles. The summed E-state index contributed by atoms with van der Waals surface area (Å²) >= 11 is 0. The predicted octanol–water partition coefficient (Wildman–Crippen LogP) is 4.13. The summed E-state index contributed by atoms with van der Waals surface area (Å²) in [5.41, 5.74) is 3.88. The van der Waals surface area contributed by atoms with E-state index in [0.717, 1.165) is 16.7 Å². The molecule has 3 heterocycles. The summed E-state index contributed by atoms with van der Waals surface area (Å²) in [7, 11) is 0. The molecule has 3 aromatic rings. The molecule has 0 saturated heterocycles. The summed E-state index contributed by atoms with van der Waals surface area (Å²) in [5, 5.41) is 3.33. The van der Waals surface area contributed by atoms with Crippen molar-refractivity contribution in [2.24, 2.45) is 0 Å². The van der Waals surface area contributed by atoms with Gasteiger partial charge in [-0.3, -0.25) is 4.79 Å². The van der Waals surface area contributed by atoms with Gasteiger partial charge >= 0.3 is 0 Å². The number of aryl methyl sites for hydroxylation is 1. The Labute approximate surface area is 168 Å². The van der Waals surface area contributed by atoms with Crippen molar-refractivity contribution in [1.29, 1.82) is 0 Å². The topological polar surface area (TPSA) is 71.0 Å². The second-order valence-electron chi connectivity index (χ2n) is 7.16. The van der Waals surface area contributed by atoms with Gasteiger partial charge in [0.05, 0.1) is 12.6 Å². The van der Waals surface area contributed by atoms with Gasteiger partial charge in [0.1, 0.15) is 17.5 Å². The third kappa shape index (κ3) is 3.55. The van der Waals surface area contributed by atoms with Crippen LogP contribution in [0.5, 0.6) is 0 Å². The van der Waals surface area contributed by atoms with Gasteiger partial charge in [-0.2, -0.15) is 0 Å². The molecule has 0 saturated carbocycles. The lowest BCUT2D eigenvalue weighted by molar-refractivity contribution is 0.0787. The van der Waals surface area contributed by atoms with Crippen molar-refractivity contribution >= 4 is 11.7 Å². The average molecular weight is 391 g/mol. The molecule has 6 nitrogen and oxygen atoms in total. The van der Waals surface area contributed by atoms with Gasteiger partial charge in [-0.25, -0.2) is 19.3 Å². The van der Waals surface area contributed by atoms with E-state index in [1.807, 2.05) is 13.8 Å². The Balaban J connectivity index is 1.54. The fraction of sp³-hybridized carbons (Fsp3) is 0.273. The van der Waals surface area contributed by atoms with Crippen LogP contribution in [0.15, 0.2) is 42.9 Å². The third-order valence-electron chi connectivity index (χ3n) is 5.21. The number of aromatic nitrogens is 3. The van der Waals surface area contributed by atoms with Crippen molar-refractivity contribution in [3.05, 3.63) is 71.2 Å². The zero-order valence-corrected chi connectivity index (χ0v) is 16.6. The van der Waals surface area contributed by atoms with Crippen LogP contribution < -0.4 is 5.32 Å². The zero-order chi connectivity index (χ0) is 20.5. The van der Waals surface area contributed by atoms with Crippen molar-refractivity contribution in [2.75, 3.05) is 11.9 Å². The van der Waals surface area contributed by atoms with E-state index in [0.29, 0.717) is 35.9 Å². The number of carbonyl (C=O) groups is 1. The number of amides is 1. The minimum Gasteiger partial charge on any atom is -0.360 e. The van der Waals surface area contributed by atoms with Gasteiger partial charge in [-0.15, -0.1) is 0 Å². The van der Waals surface area contributed by atoms with Crippen molar-refractivity contribution in [2.45, 2.75) is 33.4 Å². The summed E-state index contributed by atoms with van der Waals surface area (Å²) < 4.78 is 13.5. The van der Waals surface area contributed by atoms with Gasteiger partial charge in [0.2, 0.25) is 0 Å². The number of fused-ring (bicyclic) bond motifs is 1. The van der Waals surface area contributed by atoms with E-state index < -0.39 is 0 Å². The number of rotatable bonds is 5. The molecule has 148 valence electrons. The zero-order valence-electron chi connectivity index (χ0n) is 16.6. The Bertz CT molecular complexity index is 1070. The molecule has 0 aliphatic carbocycles. The first kappa shape index (κ1) is 19.0. The second-order valence-corrected chi connectivity index (χ2v) is 7.16. The van der Waals surface area contributed by atoms with E-state index in [-0.39, 0.29) is 17.8 Å². The average Bonchev–Trinajstić information content (AvgIpc) is 3.07. The van der Waals surface area contributed by atoms with Gasteiger partial charge < -0.3 is 10.2 Å². The first-order valence-corrected chi connectivity index (χ1v) is 9.60. The Morgan fingerprint density at radius 3 is 2.62 bits per heavy atom. The van der Waals surface area contributed by atoms with Crippen molar-refractivity contribution in [3.8, 4) is 11.1 Å². The third-order valence-corrected chi connectivity index (χ3v) is 5.21. The van der Waals surface area contributed by atoms with E-state index in [9.17, 15) is 9.18 Å². The van der Waals surface area contributed by atoms with Crippen molar-refractivity contribution < 1.29 is 9.18 Å². The standard InChI is InChI=1S/C22H22FN5O/c1-4-28-12-18-17(22(28)29)7-8-24-21(18)27-14(3)20-25-10-16(11-26-20)15-5-6-19(23)13(2)9-15/h5-11,14H,4,12H2,1-3H3,(H,24,27). The van der Waals surface area contributed by atoms with E-state index in [4.69, 9.17) is 0 Å². The Hall–Kier alpha value is -3.35. The number of hydrogen-bond acceptors (Lipinski definition) is 5. The van der Waals surface area contributed by atoms with E-state index in [2.05, 4.69) is 20.3 Å². The molecule has 4 rings (SSSR count). The maximum atomic E-state index is 13.5. The largest absolute Gasteiger partial charge is 0.360 e. The number of hydrogen-bond donors (Lipinski definition) is 1. The fourth-order valence-electron chi connectivity index (χ4n) is 3.47. The van der Waals surface area contributed by atoms with Gasteiger partial charge in [0.15, 0.2) is 0 Å². The first-order valence-electron chi connectivity index (χ1n) is 9.60. The van der Waals surface area contributed by atoms with Crippen LogP contribution in [0.4, 0.5) is 10.2 Å². The summed E-state index contributed by atoms with van der Waals surface area (Å²) in [6.07, 6.45) is 5.11. The van der Waals surface area contributed by atoms with Crippen molar-refractivity contribution in [3.63, 3.8) is 0 Å². The van der Waals surface area contributed by atoms with Crippen LogP contribution in [0.25, 0.3) is 11.1 Å². The van der Waals surface area contributed by atoms with Gasteiger partial charge in [-0.05, 0) is 50.1 Å². The quantitative estimate of drug-likeness (QED) is 0.708. The molecule has 1 atom stereocenters. The molecule has 1 aromatic carbocycles. The number of nitrogens with one attached hydrogen (secondary N) is 1. The number of pyridine rings is 1. The van der Waals surface area contributed by atoms with Crippen LogP contribution in [0.3, 0.4) is 0 Å². The molecular formula is C22H22FN5O. The first-order chi connectivity index (χ1) is 14.0. The summed E-state index contributed by atoms with van der Waals surface area (Å²) in [6, 6.07) is 6.52. The summed E-state index contributed by atoms with van der Waals surface area (Å²) in [4.78, 5) is 27.5. The molecule has 1 unspecified atom stereocenters. The molecule has 0 radical (unpaired) electrons. The fourth-order valence-corrected chi connectivity index (χ4v) is 3.47. The molecule has 1 aliphatic rings. The minimum atomic E-state index is -0.230. The van der Waals surface area contributed by atoms with Gasteiger partial charge in [0.25, 0.3) is 5.91 Å². The second kappa shape index (κ2) is 7.58. The number of carbonyl (C=O) groups excluding carboxylic acids is 1. The van der Waals surface area contributed by atoms with Gasteiger partial charge in [-0.1, -0.05) is 6.07 Å². The maximum Gasteiger partial charge on any atom is 0.254 e. The smallest absolute Gasteiger partial charge is 0.254 e. The van der Waals surface area contributed by atoms with Gasteiger partial charge in [0, 0.05) is 41.8 Å². The number of anilines is 1. The van der Waals surface area contributed by atoms with Crippen molar-refractivity contribution in [1.82, 2.24) is 19.9 Å². The normalized spacial score (nSPS) is 14.1. The molecule has 29 heavy (non-hydrogen) atoms. The van der Waals surface area contributed by atoms with E-state index in [1.165, 1.54) is 6.07 Å². The minimum absolute atomic E-state index is 0.0378. The number of nitrogens with zero attached hydrogens (tertiary/aromatic N) is 4. The highest BCUT2D eigenvalue weighted by Gasteiger charge is 2.29. The van der Waals surface area contributed by atoms with Crippen LogP contribution >= 0.6 is 0 Å².